The fourth-order valence-electron chi connectivity index (χ4n) is 1.96. The minimum absolute atomic E-state index is 0.0956. The average molecular weight is 186 g/mol. The standard InChI is InChI=1S/C10H18O3/c1-12-9-5-3-4-8(6-9)7-10(11)13-2/h8-9H,3-7H2,1-2H3/t8-,9+/m0/s1. The van der Waals surface area contributed by atoms with Crippen LogP contribution in [-0.4, -0.2) is 26.3 Å². The van der Waals surface area contributed by atoms with E-state index < -0.39 is 0 Å². The number of esters is 1. The summed E-state index contributed by atoms with van der Waals surface area (Å²) in [5, 5.41) is 0. The zero-order chi connectivity index (χ0) is 9.68. The van der Waals surface area contributed by atoms with Crippen molar-refractivity contribution in [3.63, 3.8) is 0 Å². The largest absolute Gasteiger partial charge is 0.469 e. The molecular weight excluding hydrogens is 168 g/mol. The lowest BCUT2D eigenvalue weighted by Gasteiger charge is -2.27. The van der Waals surface area contributed by atoms with Crippen molar-refractivity contribution in [1.82, 2.24) is 0 Å². The predicted molar refractivity (Wildman–Crippen MR) is 49.4 cm³/mol. The molecule has 0 aromatic carbocycles. The van der Waals surface area contributed by atoms with Gasteiger partial charge in [-0.1, -0.05) is 6.42 Å². The zero-order valence-corrected chi connectivity index (χ0v) is 8.41. The third-order valence-corrected chi connectivity index (χ3v) is 2.75. The molecule has 1 fully saturated rings. The first-order valence-electron chi connectivity index (χ1n) is 4.86. The van der Waals surface area contributed by atoms with E-state index in [9.17, 15) is 4.79 Å². The molecule has 13 heavy (non-hydrogen) atoms. The summed E-state index contributed by atoms with van der Waals surface area (Å²) in [6.45, 7) is 0. The minimum atomic E-state index is -0.0956. The molecule has 0 bridgehead atoms. The number of hydrogen-bond donors (Lipinski definition) is 0. The van der Waals surface area contributed by atoms with E-state index in [0.29, 0.717) is 18.4 Å². The van der Waals surface area contributed by atoms with Crippen LogP contribution in [0.1, 0.15) is 32.1 Å². The molecule has 0 heterocycles. The molecule has 1 saturated carbocycles. The van der Waals surface area contributed by atoms with Crippen molar-refractivity contribution in [2.75, 3.05) is 14.2 Å². The first-order valence-corrected chi connectivity index (χ1v) is 4.86. The Morgan fingerprint density at radius 2 is 2.15 bits per heavy atom. The van der Waals surface area contributed by atoms with Crippen molar-refractivity contribution >= 4 is 5.97 Å². The summed E-state index contributed by atoms with van der Waals surface area (Å²) in [7, 11) is 3.18. The summed E-state index contributed by atoms with van der Waals surface area (Å²) in [5.74, 6) is 0.368. The maximum atomic E-state index is 11.0. The number of ether oxygens (including phenoxy) is 2. The normalized spacial score (nSPS) is 28.5. The summed E-state index contributed by atoms with van der Waals surface area (Å²) in [6.07, 6.45) is 5.34. The van der Waals surface area contributed by atoms with Gasteiger partial charge in [-0.05, 0) is 25.2 Å². The van der Waals surface area contributed by atoms with Gasteiger partial charge in [0.05, 0.1) is 13.2 Å². The highest BCUT2D eigenvalue weighted by Crippen LogP contribution is 2.28. The molecule has 76 valence electrons. The Morgan fingerprint density at radius 3 is 2.77 bits per heavy atom. The van der Waals surface area contributed by atoms with E-state index in [4.69, 9.17) is 4.74 Å². The van der Waals surface area contributed by atoms with E-state index in [1.165, 1.54) is 13.5 Å². The van der Waals surface area contributed by atoms with Gasteiger partial charge in [-0.15, -0.1) is 0 Å². The summed E-state index contributed by atoms with van der Waals surface area (Å²) in [6, 6.07) is 0. The van der Waals surface area contributed by atoms with Crippen LogP contribution in [0.3, 0.4) is 0 Å². The van der Waals surface area contributed by atoms with Crippen LogP contribution in [-0.2, 0) is 14.3 Å². The van der Waals surface area contributed by atoms with Gasteiger partial charge in [0.25, 0.3) is 0 Å². The Hall–Kier alpha value is -0.570. The molecule has 0 unspecified atom stereocenters. The molecule has 0 saturated heterocycles. The highest BCUT2D eigenvalue weighted by Gasteiger charge is 2.23. The van der Waals surface area contributed by atoms with E-state index in [1.807, 2.05) is 0 Å². The number of rotatable bonds is 3. The van der Waals surface area contributed by atoms with Gasteiger partial charge in [0.2, 0.25) is 0 Å². The molecule has 0 aromatic heterocycles. The number of methoxy groups -OCH3 is 2. The Balaban J connectivity index is 2.29. The van der Waals surface area contributed by atoms with Gasteiger partial charge in [-0.3, -0.25) is 4.79 Å². The molecule has 1 rings (SSSR count). The van der Waals surface area contributed by atoms with Gasteiger partial charge in [0.15, 0.2) is 0 Å². The smallest absolute Gasteiger partial charge is 0.305 e. The van der Waals surface area contributed by atoms with Crippen molar-refractivity contribution in [2.24, 2.45) is 5.92 Å². The molecule has 0 amide bonds. The summed E-state index contributed by atoms with van der Waals surface area (Å²) >= 11 is 0. The lowest BCUT2D eigenvalue weighted by atomic mass is 9.85. The fourth-order valence-corrected chi connectivity index (χ4v) is 1.96. The first kappa shape index (κ1) is 10.5. The average Bonchev–Trinajstić information content (AvgIpc) is 2.18. The Morgan fingerprint density at radius 1 is 1.38 bits per heavy atom. The van der Waals surface area contributed by atoms with E-state index in [0.717, 1.165) is 19.3 Å². The second-order valence-corrected chi connectivity index (χ2v) is 3.67. The van der Waals surface area contributed by atoms with Crippen LogP contribution < -0.4 is 0 Å². The second-order valence-electron chi connectivity index (χ2n) is 3.67. The number of carbonyl (C=O) groups is 1. The molecule has 3 heteroatoms. The van der Waals surface area contributed by atoms with E-state index in [2.05, 4.69) is 4.74 Å². The van der Waals surface area contributed by atoms with Crippen molar-refractivity contribution in [1.29, 1.82) is 0 Å². The second kappa shape index (κ2) is 5.22. The highest BCUT2D eigenvalue weighted by molar-refractivity contribution is 5.69. The van der Waals surface area contributed by atoms with Gasteiger partial charge in [0.1, 0.15) is 0 Å². The monoisotopic (exact) mass is 186 g/mol. The summed E-state index contributed by atoms with van der Waals surface area (Å²) < 4.78 is 9.93. The molecule has 0 aromatic rings. The van der Waals surface area contributed by atoms with Crippen molar-refractivity contribution in [2.45, 2.75) is 38.2 Å². The predicted octanol–water partition coefficient (Wildman–Crippen LogP) is 1.75. The van der Waals surface area contributed by atoms with Crippen molar-refractivity contribution in [3.8, 4) is 0 Å². The third-order valence-electron chi connectivity index (χ3n) is 2.75. The Labute approximate surface area is 79.4 Å². The molecule has 0 aliphatic heterocycles. The Kier molecular flexibility index (Phi) is 4.22. The lowest BCUT2D eigenvalue weighted by Crippen LogP contribution is -2.23. The van der Waals surface area contributed by atoms with Crippen LogP contribution in [0.25, 0.3) is 0 Å². The lowest BCUT2D eigenvalue weighted by molar-refractivity contribution is -0.142. The van der Waals surface area contributed by atoms with Crippen molar-refractivity contribution in [3.05, 3.63) is 0 Å². The molecular formula is C10H18O3. The molecule has 0 radical (unpaired) electrons. The minimum Gasteiger partial charge on any atom is -0.469 e. The van der Waals surface area contributed by atoms with E-state index >= 15 is 0 Å². The molecule has 3 nitrogen and oxygen atoms in total. The van der Waals surface area contributed by atoms with Gasteiger partial charge in [-0.25, -0.2) is 0 Å². The van der Waals surface area contributed by atoms with E-state index in [-0.39, 0.29) is 5.97 Å². The van der Waals surface area contributed by atoms with Crippen LogP contribution >= 0.6 is 0 Å². The first-order chi connectivity index (χ1) is 6.26. The molecule has 1 aliphatic carbocycles. The molecule has 0 N–H and O–H groups in total. The van der Waals surface area contributed by atoms with Gasteiger partial charge >= 0.3 is 5.97 Å². The number of carbonyl (C=O) groups excluding carboxylic acids is 1. The topological polar surface area (TPSA) is 35.5 Å². The van der Waals surface area contributed by atoms with Gasteiger partial charge < -0.3 is 9.47 Å². The van der Waals surface area contributed by atoms with Gasteiger partial charge in [0, 0.05) is 13.5 Å². The maximum Gasteiger partial charge on any atom is 0.305 e. The highest BCUT2D eigenvalue weighted by atomic mass is 16.5. The number of hydrogen-bond acceptors (Lipinski definition) is 3. The van der Waals surface area contributed by atoms with Crippen LogP contribution in [0.15, 0.2) is 0 Å². The third kappa shape index (κ3) is 3.35. The van der Waals surface area contributed by atoms with Crippen LogP contribution in [0, 0.1) is 5.92 Å². The van der Waals surface area contributed by atoms with Crippen molar-refractivity contribution < 1.29 is 14.3 Å². The summed E-state index contributed by atoms with van der Waals surface area (Å²) in [4.78, 5) is 11.0. The SMILES string of the molecule is COC(=O)C[C@H]1CCC[C@@H](OC)C1. The fraction of sp³-hybridized carbons (Fsp3) is 0.900. The molecule has 0 spiro atoms. The van der Waals surface area contributed by atoms with Gasteiger partial charge in [-0.2, -0.15) is 0 Å². The molecule has 1 aliphatic rings. The Bertz CT molecular complexity index is 168. The maximum absolute atomic E-state index is 11.0. The quantitative estimate of drug-likeness (QED) is 0.630. The summed E-state index contributed by atoms with van der Waals surface area (Å²) in [5.41, 5.74) is 0. The zero-order valence-electron chi connectivity index (χ0n) is 8.41. The van der Waals surface area contributed by atoms with Crippen LogP contribution in [0.5, 0.6) is 0 Å². The van der Waals surface area contributed by atoms with E-state index in [1.54, 1.807) is 7.11 Å². The van der Waals surface area contributed by atoms with Crippen LogP contribution in [0.2, 0.25) is 0 Å². The van der Waals surface area contributed by atoms with Crippen LogP contribution in [0.4, 0.5) is 0 Å². The molecule has 2 atom stereocenters.